The lowest BCUT2D eigenvalue weighted by atomic mass is 9.96. The van der Waals surface area contributed by atoms with Gasteiger partial charge in [-0.05, 0) is 19.9 Å². The van der Waals surface area contributed by atoms with Crippen molar-refractivity contribution in [3.63, 3.8) is 0 Å². The Morgan fingerprint density at radius 2 is 1.76 bits per heavy atom. The SMILES string of the molecule is CON1C(=O)C(C)(C)Nc2ccccc2[C@H]1CC(=O)c1ccccc1. The summed E-state index contributed by atoms with van der Waals surface area (Å²) >= 11 is 0. The summed E-state index contributed by atoms with van der Waals surface area (Å²) in [7, 11) is 1.46. The molecular formula is C20H22N2O3. The van der Waals surface area contributed by atoms with Crippen molar-refractivity contribution in [2.75, 3.05) is 12.4 Å². The number of para-hydroxylation sites is 1. The standard InChI is InChI=1S/C20H22N2O3/c1-20(2)19(24)22(25-3)17(15-11-7-8-12-16(15)21-20)13-18(23)14-9-5-4-6-10-14/h4-12,17,21H,13H2,1-3H3/t17-/m1/s1. The van der Waals surface area contributed by atoms with Crippen LogP contribution in [-0.4, -0.2) is 29.4 Å². The van der Waals surface area contributed by atoms with E-state index >= 15 is 0 Å². The average molecular weight is 338 g/mol. The predicted molar refractivity (Wildman–Crippen MR) is 96.1 cm³/mol. The van der Waals surface area contributed by atoms with Gasteiger partial charge >= 0.3 is 0 Å². The van der Waals surface area contributed by atoms with Gasteiger partial charge in [0.05, 0.1) is 13.2 Å². The fraction of sp³-hybridized carbons (Fsp3) is 0.300. The highest BCUT2D eigenvalue weighted by molar-refractivity contribution is 5.97. The zero-order chi connectivity index (χ0) is 18.0. The second kappa shape index (κ2) is 6.69. The van der Waals surface area contributed by atoms with Gasteiger partial charge in [0.15, 0.2) is 5.78 Å². The number of carbonyl (C=O) groups excluding carboxylic acids is 2. The number of ketones is 1. The van der Waals surface area contributed by atoms with Crippen LogP contribution in [0.1, 0.15) is 42.2 Å². The number of fused-ring (bicyclic) bond motifs is 1. The van der Waals surface area contributed by atoms with Crippen molar-refractivity contribution in [2.24, 2.45) is 0 Å². The predicted octanol–water partition coefficient (Wildman–Crippen LogP) is 3.59. The highest BCUT2D eigenvalue weighted by atomic mass is 16.7. The molecule has 3 rings (SSSR count). The minimum Gasteiger partial charge on any atom is -0.371 e. The number of benzene rings is 2. The van der Waals surface area contributed by atoms with Gasteiger partial charge in [0.2, 0.25) is 0 Å². The monoisotopic (exact) mass is 338 g/mol. The van der Waals surface area contributed by atoms with Crippen LogP contribution in [0.2, 0.25) is 0 Å². The van der Waals surface area contributed by atoms with Crippen molar-refractivity contribution >= 4 is 17.4 Å². The lowest BCUT2D eigenvalue weighted by Crippen LogP contribution is -2.48. The van der Waals surface area contributed by atoms with E-state index < -0.39 is 11.6 Å². The molecule has 0 fully saturated rings. The minimum atomic E-state index is -0.837. The van der Waals surface area contributed by atoms with Crippen LogP contribution in [0.15, 0.2) is 54.6 Å². The van der Waals surface area contributed by atoms with E-state index in [0.29, 0.717) is 5.56 Å². The largest absolute Gasteiger partial charge is 0.371 e. The van der Waals surface area contributed by atoms with Crippen LogP contribution in [-0.2, 0) is 9.63 Å². The molecule has 0 unspecified atom stereocenters. The van der Waals surface area contributed by atoms with Gasteiger partial charge in [-0.15, -0.1) is 0 Å². The first-order valence-electron chi connectivity index (χ1n) is 8.27. The van der Waals surface area contributed by atoms with E-state index in [1.165, 1.54) is 12.2 Å². The Morgan fingerprint density at radius 3 is 2.44 bits per heavy atom. The second-order valence-corrected chi connectivity index (χ2v) is 6.66. The molecule has 0 saturated carbocycles. The van der Waals surface area contributed by atoms with Gasteiger partial charge in [0, 0.05) is 23.2 Å². The van der Waals surface area contributed by atoms with Crippen molar-refractivity contribution in [3.8, 4) is 0 Å². The first kappa shape index (κ1) is 17.2. The van der Waals surface area contributed by atoms with Crippen LogP contribution < -0.4 is 5.32 Å². The molecule has 0 aromatic heterocycles. The van der Waals surface area contributed by atoms with Crippen LogP contribution in [0.5, 0.6) is 0 Å². The number of amides is 1. The molecule has 5 heteroatoms. The van der Waals surface area contributed by atoms with Crippen molar-refractivity contribution < 1.29 is 14.4 Å². The highest BCUT2D eigenvalue weighted by Gasteiger charge is 2.41. The smallest absolute Gasteiger partial charge is 0.271 e. The van der Waals surface area contributed by atoms with Crippen LogP contribution in [0.4, 0.5) is 5.69 Å². The number of nitrogens with zero attached hydrogens (tertiary/aromatic N) is 1. The second-order valence-electron chi connectivity index (χ2n) is 6.66. The zero-order valence-electron chi connectivity index (χ0n) is 14.7. The van der Waals surface area contributed by atoms with E-state index in [9.17, 15) is 9.59 Å². The molecule has 1 aliphatic rings. The Morgan fingerprint density at radius 1 is 1.12 bits per heavy atom. The summed E-state index contributed by atoms with van der Waals surface area (Å²) in [6.07, 6.45) is 0.151. The van der Waals surface area contributed by atoms with Gasteiger partial charge in [-0.2, -0.15) is 0 Å². The molecule has 0 bridgehead atoms. The topological polar surface area (TPSA) is 58.6 Å². The number of anilines is 1. The zero-order valence-corrected chi connectivity index (χ0v) is 14.7. The van der Waals surface area contributed by atoms with Gasteiger partial charge in [-0.25, -0.2) is 5.06 Å². The summed E-state index contributed by atoms with van der Waals surface area (Å²) in [6.45, 7) is 3.61. The molecule has 130 valence electrons. The summed E-state index contributed by atoms with van der Waals surface area (Å²) < 4.78 is 0. The summed E-state index contributed by atoms with van der Waals surface area (Å²) in [5, 5.41) is 4.59. The van der Waals surface area contributed by atoms with Crippen molar-refractivity contribution in [2.45, 2.75) is 31.8 Å². The molecule has 25 heavy (non-hydrogen) atoms. The molecule has 2 aromatic rings. The maximum absolute atomic E-state index is 12.9. The number of hydroxylamine groups is 2. The van der Waals surface area contributed by atoms with Crippen molar-refractivity contribution in [3.05, 3.63) is 65.7 Å². The number of hydrogen-bond donors (Lipinski definition) is 1. The summed E-state index contributed by atoms with van der Waals surface area (Å²) in [5.41, 5.74) is 1.50. The number of nitrogens with one attached hydrogen (secondary N) is 1. The molecule has 1 atom stereocenters. The molecule has 0 radical (unpaired) electrons. The van der Waals surface area contributed by atoms with Gasteiger partial charge in [0.1, 0.15) is 5.54 Å². The van der Waals surface area contributed by atoms with Crippen LogP contribution in [0.3, 0.4) is 0 Å². The third kappa shape index (κ3) is 3.28. The average Bonchev–Trinajstić information content (AvgIpc) is 2.69. The van der Waals surface area contributed by atoms with Gasteiger partial charge < -0.3 is 5.32 Å². The Kier molecular flexibility index (Phi) is 4.59. The van der Waals surface area contributed by atoms with Crippen LogP contribution >= 0.6 is 0 Å². The number of carbonyl (C=O) groups is 2. The van der Waals surface area contributed by atoms with Gasteiger partial charge in [0.25, 0.3) is 5.91 Å². The summed E-state index contributed by atoms with van der Waals surface area (Å²) in [5.74, 6) is -0.243. The van der Waals surface area contributed by atoms with Gasteiger partial charge in [-0.1, -0.05) is 48.5 Å². The number of hydrogen-bond acceptors (Lipinski definition) is 4. The van der Waals surface area contributed by atoms with Crippen LogP contribution in [0.25, 0.3) is 0 Å². The maximum Gasteiger partial charge on any atom is 0.271 e. The highest BCUT2D eigenvalue weighted by Crippen LogP contribution is 2.37. The van der Waals surface area contributed by atoms with Crippen molar-refractivity contribution in [1.29, 1.82) is 0 Å². The fourth-order valence-electron chi connectivity index (χ4n) is 3.16. The lowest BCUT2D eigenvalue weighted by Gasteiger charge is -2.31. The minimum absolute atomic E-state index is 0.0324. The van der Waals surface area contributed by atoms with E-state index in [2.05, 4.69) is 5.32 Å². The first-order valence-corrected chi connectivity index (χ1v) is 8.27. The third-order valence-corrected chi connectivity index (χ3v) is 4.46. The van der Waals surface area contributed by atoms with Crippen molar-refractivity contribution in [1.82, 2.24) is 5.06 Å². The Hall–Kier alpha value is -2.66. The quantitative estimate of drug-likeness (QED) is 0.866. The normalized spacial score (nSPS) is 18.9. The van der Waals surface area contributed by atoms with E-state index in [0.717, 1.165) is 11.3 Å². The fourth-order valence-corrected chi connectivity index (χ4v) is 3.16. The van der Waals surface area contributed by atoms with E-state index in [4.69, 9.17) is 4.84 Å². The van der Waals surface area contributed by atoms with Gasteiger partial charge in [-0.3, -0.25) is 14.4 Å². The molecule has 0 spiro atoms. The number of rotatable bonds is 4. The molecule has 1 heterocycles. The maximum atomic E-state index is 12.9. The molecule has 2 aromatic carbocycles. The summed E-state index contributed by atoms with van der Waals surface area (Å²) in [6, 6.07) is 16.3. The van der Waals surface area contributed by atoms with E-state index in [1.54, 1.807) is 26.0 Å². The molecule has 1 aliphatic heterocycles. The van der Waals surface area contributed by atoms with Crippen LogP contribution in [0, 0.1) is 0 Å². The Balaban J connectivity index is 2.02. The Bertz CT molecular complexity index is 787. The first-order chi connectivity index (χ1) is 11.9. The Labute approximate surface area is 147 Å². The molecule has 5 nitrogen and oxygen atoms in total. The summed E-state index contributed by atoms with van der Waals surface area (Å²) in [4.78, 5) is 31.1. The molecule has 0 aliphatic carbocycles. The van der Waals surface area contributed by atoms with E-state index in [-0.39, 0.29) is 18.1 Å². The third-order valence-electron chi connectivity index (χ3n) is 4.46. The molecule has 1 N–H and O–H groups in total. The number of Topliss-reactive ketones (excluding diaryl/α,β-unsaturated/α-hetero) is 1. The molecular weight excluding hydrogens is 316 g/mol. The molecule has 0 saturated heterocycles. The van der Waals surface area contributed by atoms with E-state index in [1.807, 2.05) is 42.5 Å². The molecule has 1 amide bonds. The lowest BCUT2D eigenvalue weighted by molar-refractivity contribution is -0.192.